The molecule has 2 rings (SSSR count). The van der Waals surface area contributed by atoms with E-state index < -0.39 is 5.97 Å². The lowest BCUT2D eigenvalue weighted by atomic mass is 10.0. The molecule has 1 aliphatic rings. The number of aliphatic carboxylic acids is 1. The van der Waals surface area contributed by atoms with Gasteiger partial charge >= 0.3 is 5.97 Å². The molecule has 1 aromatic carbocycles. The van der Waals surface area contributed by atoms with Crippen molar-refractivity contribution >= 4 is 23.5 Å². The van der Waals surface area contributed by atoms with Gasteiger partial charge in [0.2, 0.25) is 5.91 Å². The Morgan fingerprint density at radius 1 is 1.30 bits per heavy atom. The van der Waals surface area contributed by atoms with Crippen molar-refractivity contribution in [3.8, 4) is 0 Å². The normalized spacial score (nSPS) is 20.7. The van der Waals surface area contributed by atoms with E-state index in [0.29, 0.717) is 11.4 Å². The standard InChI is InChI=1S/C16H22ClN3O3/c1-10(2)20(8-7-15(21)22)16(23)14-9-13(18-19-14)11-3-5-12(17)6-4-11/h3-6,10,13-14,18-19H,7-9H2,1-2H3,(H,21,22). The molecular weight excluding hydrogens is 318 g/mol. The summed E-state index contributed by atoms with van der Waals surface area (Å²) < 4.78 is 0. The van der Waals surface area contributed by atoms with Crippen LogP contribution in [0.1, 0.15) is 38.3 Å². The molecule has 0 bridgehead atoms. The Kier molecular flexibility index (Phi) is 5.98. The molecule has 7 heteroatoms. The van der Waals surface area contributed by atoms with E-state index in [0.717, 1.165) is 5.56 Å². The highest BCUT2D eigenvalue weighted by molar-refractivity contribution is 6.30. The van der Waals surface area contributed by atoms with Gasteiger partial charge in [0.05, 0.1) is 6.42 Å². The molecule has 2 atom stereocenters. The van der Waals surface area contributed by atoms with Crippen LogP contribution in [-0.2, 0) is 9.59 Å². The molecule has 2 unspecified atom stereocenters. The summed E-state index contributed by atoms with van der Waals surface area (Å²) in [5.74, 6) is -0.981. The van der Waals surface area contributed by atoms with Crippen molar-refractivity contribution < 1.29 is 14.7 Å². The number of carboxylic acids is 1. The summed E-state index contributed by atoms with van der Waals surface area (Å²) in [6.45, 7) is 3.99. The number of benzene rings is 1. The second-order valence-electron chi connectivity index (χ2n) is 5.95. The summed E-state index contributed by atoms with van der Waals surface area (Å²) >= 11 is 5.89. The van der Waals surface area contributed by atoms with Crippen molar-refractivity contribution in [2.75, 3.05) is 6.54 Å². The van der Waals surface area contributed by atoms with Crippen LogP contribution < -0.4 is 10.9 Å². The Morgan fingerprint density at radius 2 is 1.96 bits per heavy atom. The van der Waals surface area contributed by atoms with Gasteiger partial charge in [-0.15, -0.1) is 0 Å². The summed E-state index contributed by atoms with van der Waals surface area (Å²) in [6.07, 6.45) is 0.557. The van der Waals surface area contributed by atoms with Crippen LogP contribution in [0.3, 0.4) is 0 Å². The molecule has 23 heavy (non-hydrogen) atoms. The third-order valence-corrected chi connectivity index (χ3v) is 4.20. The molecule has 126 valence electrons. The third kappa shape index (κ3) is 4.67. The quantitative estimate of drug-likeness (QED) is 0.738. The molecule has 6 nitrogen and oxygen atoms in total. The van der Waals surface area contributed by atoms with Gasteiger partial charge in [0.15, 0.2) is 0 Å². The Labute approximate surface area is 140 Å². The summed E-state index contributed by atoms with van der Waals surface area (Å²) in [7, 11) is 0. The minimum absolute atomic E-state index is 0.0229. The summed E-state index contributed by atoms with van der Waals surface area (Å²) in [4.78, 5) is 25.0. The van der Waals surface area contributed by atoms with E-state index in [-0.39, 0.29) is 37.0 Å². The minimum atomic E-state index is -0.903. The zero-order valence-corrected chi connectivity index (χ0v) is 14.0. The molecule has 0 aliphatic carbocycles. The fourth-order valence-electron chi connectivity index (χ4n) is 2.67. The molecule has 1 amide bonds. The average Bonchev–Trinajstić information content (AvgIpc) is 2.97. The van der Waals surface area contributed by atoms with Crippen LogP contribution in [0.5, 0.6) is 0 Å². The van der Waals surface area contributed by atoms with E-state index in [1.807, 2.05) is 38.1 Å². The van der Waals surface area contributed by atoms with Crippen molar-refractivity contribution in [2.45, 2.75) is 44.8 Å². The van der Waals surface area contributed by atoms with Crippen LogP contribution in [0, 0.1) is 0 Å². The average molecular weight is 340 g/mol. The number of nitrogens with one attached hydrogen (secondary N) is 2. The maximum Gasteiger partial charge on any atom is 0.305 e. The highest BCUT2D eigenvalue weighted by Crippen LogP contribution is 2.24. The molecule has 1 aliphatic heterocycles. The number of carbonyl (C=O) groups is 2. The summed E-state index contributed by atoms with van der Waals surface area (Å²) in [5, 5.41) is 9.50. The van der Waals surface area contributed by atoms with Crippen LogP contribution in [0.2, 0.25) is 5.02 Å². The number of nitrogens with zero attached hydrogens (tertiary/aromatic N) is 1. The van der Waals surface area contributed by atoms with E-state index in [1.54, 1.807) is 4.90 Å². The monoisotopic (exact) mass is 339 g/mol. The Balaban J connectivity index is 1.99. The first kappa shape index (κ1) is 17.7. The second kappa shape index (κ2) is 7.77. The lowest BCUT2D eigenvalue weighted by Gasteiger charge is -2.28. The predicted octanol–water partition coefficient (Wildman–Crippen LogP) is 1.96. The van der Waals surface area contributed by atoms with Gasteiger partial charge in [-0.1, -0.05) is 23.7 Å². The van der Waals surface area contributed by atoms with E-state index in [4.69, 9.17) is 16.7 Å². The molecule has 0 spiro atoms. The van der Waals surface area contributed by atoms with Crippen molar-refractivity contribution in [1.29, 1.82) is 0 Å². The minimum Gasteiger partial charge on any atom is -0.481 e. The Morgan fingerprint density at radius 3 is 2.52 bits per heavy atom. The van der Waals surface area contributed by atoms with Crippen molar-refractivity contribution in [3.63, 3.8) is 0 Å². The number of hydrogen-bond donors (Lipinski definition) is 3. The van der Waals surface area contributed by atoms with Crippen molar-refractivity contribution in [3.05, 3.63) is 34.9 Å². The molecule has 1 fully saturated rings. The number of carboxylic acid groups (broad SMARTS) is 1. The highest BCUT2D eigenvalue weighted by atomic mass is 35.5. The fourth-order valence-corrected chi connectivity index (χ4v) is 2.80. The molecule has 1 saturated heterocycles. The maximum atomic E-state index is 12.6. The van der Waals surface area contributed by atoms with Gasteiger partial charge in [-0.3, -0.25) is 9.59 Å². The second-order valence-corrected chi connectivity index (χ2v) is 6.39. The van der Waals surface area contributed by atoms with Gasteiger partial charge in [0.1, 0.15) is 6.04 Å². The zero-order valence-electron chi connectivity index (χ0n) is 13.3. The number of hydrazine groups is 1. The number of hydrogen-bond acceptors (Lipinski definition) is 4. The van der Waals surface area contributed by atoms with Crippen LogP contribution >= 0.6 is 11.6 Å². The lowest BCUT2D eigenvalue weighted by Crippen LogP contribution is -2.48. The topological polar surface area (TPSA) is 81.7 Å². The zero-order chi connectivity index (χ0) is 17.0. The van der Waals surface area contributed by atoms with Gasteiger partial charge < -0.3 is 10.0 Å². The first-order valence-electron chi connectivity index (χ1n) is 7.67. The van der Waals surface area contributed by atoms with Crippen molar-refractivity contribution in [1.82, 2.24) is 15.8 Å². The van der Waals surface area contributed by atoms with E-state index in [2.05, 4.69) is 10.9 Å². The van der Waals surface area contributed by atoms with E-state index >= 15 is 0 Å². The molecule has 1 aromatic rings. The highest BCUT2D eigenvalue weighted by Gasteiger charge is 2.33. The number of rotatable bonds is 6. The predicted molar refractivity (Wildman–Crippen MR) is 88.0 cm³/mol. The molecule has 0 radical (unpaired) electrons. The van der Waals surface area contributed by atoms with Crippen LogP contribution in [0.4, 0.5) is 0 Å². The molecule has 1 heterocycles. The van der Waals surface area contributed by atoms with Crippen LogP contribution in [-0.4, -0.2) is 40.5 Å². The maximum absolute atomic E-state index is 12.6. The van der Waals surface area contributed by atoms with Gasteiger partial charge in [0.25, 0.3) is 0 Å². The van der Waals surface area contributed by atoms with Crippen LogP contribution in [0.15, 0.2) is 24.3 Å². The third-order valence-electron chi connectivity index (χ3n) is 3.95. The van der Waals surface area contributed by atoms with Gasteiger partial charge in [0, 0.05) is 23.7 Å². The van der Waals surface area contributed by atoms with Crippen molar-refractivity contribution in [2.24, 2.45) is 0 Å². The largest absolute Gasteiger partial charge is 0.481 e. The summed E-state index contributed by atoms with van der Waals surface area (Å²) in [5.41, 5.74) is 7.20. The SMILES string of the molecule is CC(C)N(CCC(=O)O)C(=O)C1CC(c2ccc(Cl)cc2)NN1. The Bertz CT molecular complexity index is 562. The molecule has 0 saturated carbocycles. The number of halogens is 1. The number of amides is 1. The molecule has 3 N–H and O–H groups in total. The lowest BCUT2D eigenvalue weighted by molar-refractivity contribution is -0.139. The first-order chi connectivity index (χ1) is 10.9. The van der Waals surface area contributed by atoms with E-state index in [9.17, 15) is 9.59 Å². The summed E-state index contributed by atoms with van der Waals surface area (Å²) in [6, 6.07) is 7.11. The van der Waals surface area contributed by atoms with Crippen LogP contribution in [0.25, 0.3) is 0 Å². The van der Waals surface area contributed by atoms with Gasteiger partial charge in [-0.25, -0.2) is 10.9 Å². The van der Waals surface area contributed by atoms with Gasteiger partial charge in [-0.05, 0) is 38.0 Å². The van der Waals surface area contributed by atoms with E-state index in [1.165, 1.54) is 0 Å². The van der Waals surface area contributed by atoms with Gasteiger partial charge in [-0.2, -0.15) is 0 Å². The Hall–Kier alpha value is -1.63. The fraction of sp³-hybridized carbons (Fsp3) is 0.500. The molecular formula is C16H22ClN3O3. The smallest absolute Gasteiger partial charge is 0.305 e. The molecule has 0 aromatic heterocycles. The number of carbonyl (C=O) groups excluding carboxylic acids is 1. The first-order valence-corrected chi connectivity index (χ1v) is 8.05.